The van der Waals surface area contributed by atoms with Gasteiger partial charge >= 0.3 is 5.97 Å². The summed E-state index contributed by atoms with van der Waals surface area (Å²) in [5.41, 5.74) is 5.72. The molecule has 216 valence electrons. The largest absolute Gasteiger partial charge is 0.481 e. The van der Waals surface area contributed by atoms with Crippen molar-refractivity contribution in [1.29, 1.82) is 0 Å². The fourth-order valence-electron chi connectivity index (χ4n) is 10.0. The maximum absolute atomic E-state index is 13.8. The third kappa shape index (κ3) is 4.36. The van der Waals surface area contributed by atoms with E-state index in [0.29, 0.717) is 5.92 Å². The Balaban J connectivity index is 1.53. The van der Waals surface area contributed by atoms with E-state index in [1.165, 1.54) is 5.57 Å². The zero-order valence-corrected chi connectivity index (χ0v) is 25.8. The number of hydrogen-bond donors (Lipinski definition) is 1. The number of Topliss-reactive ketones (excluding diaryl/α,β-unsaturated/α-hetero) is 1. The predicted octanol–water partition coefficient (Wildman–Crippen LogP) is 8.84. The Kier molecular flexibility index (Phi) is 7.33. The van der Waals surface area contributed by atoms with Gasteiger partial charge in [0.1, 0.15) is 0 Å². The molecule has 0 amide bonds. The number of carbonyl (C=O) groups excluding carboxylic acids is 1. The molecule has 1 aromatic rings. The molecule has 2 saturated carbocycles. The molecule has 4 heteroatoms. The summed E-state index contributed by atoms with van der Waals surface area (Å²) < 4.78 is 0. The SMILES string of the molecule is CC(C)=CCCC(C(=O)O)[C@@H]1CC[C@]2(C)C3=C(CC[C@@]12C)[C@@]1(C)C/C(=C\c2ccccn2)C(=O)C(C)(C)[C@@H]1CC3. The fraction of sp³-hybridized carbons (Fsp3) is 0.639. The Morgan fingerprint density at radius 3 is 2.48 bits per heavy atom. The lowest BCUT2D eigenvalue weighted by atomic mass is 9.43. The summed E-state index contributed by atoms with van der Waals surface area (Å²) in [5.74, 6) is -0.129. The third-order valence-electron chi connectivity index (χ3n) is 12.2. The smallest absolute Gasteiger partial charge is 0.306 e. The number of carboxylic acids is 1. The first-order valence-electron chi connectivity index (χ1n) is 15.5. The minimum Gasteiger partial charge on any atom is -0.481 e. The number of aromatic nitrogens is 1. The molecule has 0 saturated heterocycles. The van der Waals surface area contributed by atoms with E-state index in [4.69, 9.17) is 0 Å². The van der Waals surface area contributed by atoms with Crippen molar-refractivity contribution in [3.8, 4) is 0 Å². The molecule has 1 heterocycles. The molecule has 1 N–H and O–H groups in total. The molecule has 4 aliphatic carbocycles. The van der Waals surface area contributed by atoms with Crippen LogP contribution in [0, 0.1) is 39.4 Å². The van der Waals surface area contributed by atoms with E-state index in [2.05, 4.69) is 59.5 Å². The van der Waals surface area contributed by atoms with Crippen LogP contribution in [0.4, 0.5) is 0 Å². The topological polar surface area (TPSA) is 67.3 Å². The van der Waals surface area contributed by atoms with Crippen LogP contribution in [-0.2, 0) is 9.59 Å². The number of pyridine rings is 1. The Morgan fingerprint density at radius 2 is 1.82 bits per heavy atom. The number of hydrogen-bond acceptors (Lipinski definition) is 3. The van der Waals surface area contributed by atoms with Crippen LogP contribution in [0.15, 0.2) is 52.8 Å². The van der Waals surface area contributed by atoms with Crippen molar-refractivity contribution in [3.05, 3.63) is 58.5 Å². The first-order valence-corrected chi connectivity index (χ1v) is 15.5. The van der Waals surface area contributed by atoms with Gasteiger partial charge in [0.15, 0.2) is 5.78 Å². The van der Waals surface area contributed by atoms with Crippen LogP contribution < -0.4 is 0 Å². The molecule has 2 fully saturated rings. The minimum absolute atomic E-state index is 0.0138. The van der Waals surface area contributed by atoms with Crippen molar-refractivity contribution < 1.29 is 14.7 Å². The second kappa shape index (κ2) is 10.1. The van der Waals surface area contributed by atoms with Crippen LogP contribution in [0.3, 0.4) is 0 Å². The zero-order chi connectivity index (χ0) is 29.1. The highest BCUT2D eigenvalue weighted by molar-refractivity contribution is 6.04. The van der Waals surface area contributed by atoms with Gasteiger partial charge in [-0.3, -0.25) is 14.6 Å². The predicted molar refractivity (Wildman–Crippen MR) is 161 cm³/mol. The Bertz CT molecular complexity index is 1280. The maximum atomic E-state index is 13.8. The van der Waals surface area contributed by atoms with Gasteiger partial charge in [-0.05, 0) is 123 Å². The molecule has 0 aliphatic heterocycles. The van der Waals surface area contributed by atoms with E-state index >= 15 is 0 Å². The van der Waals surface area contributed by atoms with E-state index in [9.17, 15) is 14.7 Å². The van der Waals surface area contributed by atoms with Crippen LogP contribution >= 0.6 is 0 Å². The lowest BCUT2D eigenvalue weighted by molar-refractivity contribution is -0.146. The first kappa shape index (κ1) is 29.0. The molecule has 0 spiro atoms. The molecule has 1 aromatic heterocycles. The molecule has 4 aliphatic rings. The normalized spacial score (nSPS) is 36.5. The van der Waals surface area contributed by atoms with Gasteiger partial charge in [-0.2, -0.15) is 0 Å². The first-order chi connectivity index (χ1) is 18.8. The average molecular weight is 544 g/mol. The molecule has 0 bridgehead atoms. The van der Waals surface area contributed by atoms with Gasteiger partial charge in [0.05, 0.1) is 11.6 Å². The van der Waals surface area contributed by atoms with Gasteiger partial charge in [-0.1, -0.05) is 63.5 Å². The van der Waals surface area contributed by atoms with Crippen molar-refractivity contribution in [2.75, 3.05) is 0 Å². The zero-order valence-electron chi connectivity index (χ0n) is 25.8. The molecule has 0 radical (unpaired) electrons. The van der Waals surface area contributed by atoms with Crippen molar-refractivity contribution >= 4 is 17.8 Å². The van der Waals surface area contributed by atoms with Gasteiger partial charge in [0, 0.05) is 11.6 Å². The Hall–Kier alpha value is -2.49. The summed E-state index contributed by atoms with van der Waals surface area (Å²) in [6.45, 7) is 15.8. The number of allylic oxidation sites excluding steroid dienone is 5. The van der Waals surface area contributed by atoms with Crippen LogP contribution in [0.25, 0.3) is 6.08 Å². The van der Waals surface area contributed by atoms with E-state index < -0.39 is 11.4 Å². The molecule has 4 nitrogen and oxygen atoms in total. The molecule has 5 rings (SSSR count). The molecular formula is C36H49NO3. The van der Waals surface area contributed by atoms with Gasteiger partial charge < -0.3 is 5.11 Å². The van der Waals surface area contributed by atoms with Crippen LogP contribution in [0.5, 0.6) is 0 Å². The second-order valence-electron chi connectivity index (χ2n) is 14.8. The number of carbonyl (C=O) groups is 2. The summed E-state index contributed by atoms with van der Waals surface area (Å²) in [6.07, 6.45) is 14.5. The number of fused-ring (bicyclic) bond motifs is 4. The number of rotatable bonds is 6. The second-order valence-corrected chi connectivity index (χ2v) is 14.8. The lowest BCUT2D eigenvalue weighted by Crippen LogP contribution is -2.54. The van der Waals surface area contributed by atoms with Crippen molar-refractivity contribution in [2.45, 2.75) is 106 Å². The molecular weight excluding hydrogens is 494 g/mol. The van der Waals surface area contributed by atoms with Crippen LogP contribution in [-0.4, -0.2) is 21.8 Å². The Morgan fingerprint density at radius 1 is 1.07 bits per heavy atom. The highest BCUT2D eigenvalue weighted by Gasteiger charge is 2.64. The number of ketones is 1. The van der Waals surface area contributed by atoms with Gasteiger partial charge in [-0.25, -0.2) is 0 Å². The minimum atomic E-state index is -0.620. The summed E-state index contributed by atoms with van der Waals surface area (Å²) >= 11 is 0. The summed E-state index contributed by atoms with van der Waals surface area (Å²) in [6, 6.07) is 5.87. The molecule has 6 atom stereocenters. The number of carboxylic acid groups (broad SMARTS) is 1. The third-order valence-corrected chi connectivity index (χ3v) is 12.2. The van der Waals surface area contributed by atoms with Crippen LogP contribution in [0.2, 0.25) is 0 Å². The standard InChI is InChI=1S/C36H49NO3/c1-23(2)11-10-13-26(32(39)40)27-16-18-36(7)29-14-15-30-33(3,4)31(38)24(21-25-12-8-9-20-37-25)22-34(30,5)28(29)17-19-35(27,36)6/h8-9,11-12,20-21,26-27,30H,10,13-19,22H2,1-7H3,(H,39,40)/b24-21+/t26?,27-,30-,34+,35-,36+/m0/s1. The highest BCUT2D eigenvalue weighted by Crippen LogP contribution is 2.72. The summed E-state index contributed by atoms with van der Waals surface area (Å²) in [4.78, 5) is 31.0. The van der Waals surface area contributed by atoms with Crippen molar-refractivity contribution in [1.82, 2.24) is 4.98 Å². The van der Waals surface area contributed by atoms with E-state index in [0.717, 1.165) is 69.1 Å². The summed E-state index contributed by atoms with van der Waals surface area (Å²) in [5, 5.41) is 10.4. The Labute approximate surface area is 241 Å². The lowest BCUT2D eigenvalue weighted by Gasteiger charge is -2.61. The van der Waals surface area contributed by atoms with E-state index in [-0.39, 0.29) is 33.9 Å². The fourth-order valence-corrected chi connectivity index (χ4v) is 10.0. The monoisotopic (exact) mass is 543 g/mol. The maximum Gasteiger partial charge on any atom is 0.306 e. The average Bonchev–Trinajstić information content (AvgIpc) is 3.16. The van der Waals surface area contributed by atoms with Crippen LogP contribution in [0.1, 0.15) is 112 Å². The number of aliphatic carboxylic acids is 1. The highest BCUT2D eigenvalue weighted by atomic mass is 16.4. The van der Waals surface area contributed by atoms with Crippen molar-refractivity contribution in [2.24, 2.45) is 39.4 Å². The van der Waals surface area contributed by atoms with E-state index in [1.807, 2.05) is 24.3 Å². The quantitative estimate of drug-likeness (QED) is 0.287. The summed E-state index contributed by atoms with van der Waals surface area (Å²) in [7, 11) is 0. The van der Waals surface area contributed by atoms with Gasteiger partial charge in [0.25, 0.3) is 0 Å². The molecule has 1 unspecified atom stereocenters. The molecule has 40 heavy (non-hydrogen) atoms. The van der Waals surface area contributed by atoms with Gasteiger partial charge in [0.2, 0.25) is 0 Å². The number of nitrogens with zero attached hydrogens (tertiary/aromatic N) is 1. The molecule has 0 aromatic carbocycles. The van der Waals surface area contributed by atoms with Gasteiger partial charge in [-0.15, -0.1) is 0 Å². The van der Waals surface area contributed by atoms with Crippen molar-refractivity contribution in [3.63, 3.8) is 0 Å². The van der Waals surface area contributed by atoms with E-state index in [1.54, 1.807) is 17.3 Å².